The summed E-state index contributed by atoms with van der Waals surface area (Å²) in [5.74, 6) is -1.15. The Morgan fingerprint density at radius 3 is 3.00 bits per heavy atom. The third kappa shape index (κ3) is 4.54. The largest absolute Gasteiger partial charge is 1.00 e. The zero-order valence-electron chi connectivity index (χ0n) is 5.94. The molecule has 0 saturated carbocycles. The quantitative estimate of drug-likeness (QED) is 0.442. The summed E-state index contributed by atoms with van der Waals surface area (Å²) in [5, 5.41) is 13.1. The number of carbonyl (C=O) groups excluding carboxylic acids is 1. The van der Waals surface area contributed by atoms with E-state index in [1.54, 1.807) is 0 Å². The van der Waals surface area contributed by atoms with Crippen molar-refractivity contribution in [3.63, 3.8) is 0 Å². The number of carboxylic acid groups (broad SMARTS) is 1. The molecule has 1 aromatic heterocycles. The molecule has 0 aliphatic heterocycles. The van der Waals surface area contributed by atoms with Crippen LogP contribution in [0.1, 0.15) is 0 Å². The van der Waals surface area contributed by atoms with Gasteiger partial charge in [-0.25, -0.2) is 0 Å². The van der Waals surface area contributed by atoms with Gasteiger partial charge in [0.25, 0.3) is 5.88 Å². The van der Waals surface area contributed by atoms with Gasteiger partial charge in [-0.3, -0.25) is 0 Å². The smallest absolute Gasteiger partial charge is 0.546 e. The first-order valence-corrected chi connectivity index (χ1v) is 2.52. The molecule has 1 aromatic rings. The van der Waals surface area contributed by atoms with Crippen LogP contribution in [-0.2, 0) is 4.79 Å². The van der Waals surface area contributed by atoms with E-state index < -0.39 is 12.6 Å². The van der Waals surface area contributed by atoms with Crippen LogP contribution in [0, 0.1) is 0 Å². The zero-order valence-corrected chi connectivity index (χ0v) is 9.07. The first-order valence-electron chi connectivity index (χ1n) is 2.52. The van der Waals surface area contributed by atoms with E-state index in [-0.39, 0.29) is 57.3 Å². The third-order valence-electron chi connectivity index (χ3n) is 0.752. The molecule has 0 atom stereocenters. The molecule has 0 aliphatic carbocycles. The number of rotatable bonds is 3. The average Bonchev–Trinajstić information content (AvgIpc) is 2.34. The van der Waals surface area contributed by atoms with Crippen LogP contribution in [-0.4, -0.2) is 17.7 Å². The Kier molecular flexibility index (Phi) is 5.79. The minimum absolute atomic E-state index is 0. The molecule has 0 fully saturated rings. The second-order valence-electron chi connectivity index (χ2n) is 1.50. The summed E-state index contributed by atoms with van der Waals surface area (Å²) in [6.07, 6.45) is 1.28. The maximum Gasteiger partial charge on any atom is 1.00 e. The van der Waals surface area contributed by atoms with E-state index in [9.17, 15) is 9.90 Å². The van der Waals surface area contributed by atoms with Gasteiger partial charge in [0.2, 0.25) is 0 Å². The number of aliphatic carboxylic acids is 1. The number of carbonyl (C=O) groups is 1. The Morgan fingerprint density at radius 1 is 1.82 bits per heavy atom. The first kappa shape index (κ1) is 11.1. The average molecular weight is 181 g/mol. The number of ether oxygens (including phenoxy) is 1. The molecule has 0 saturated heterocycles. The van der Waals surface area contributed by atoms with Crippen LogP contribution >= 0.6 is 0 Å². The second kappa shape index (κ2) is 5.73. The van der Waals surface area contributed by atoms with Crippen LogP contribution in [0.4, 0.5) is 0 Å². The van der Waals surface area contributed by atoms with E-state index in [0.29, 0.717) is 0 Å². The van der Waals surface area contributed by atoms with Crippen molar-refractivity contribution in [1.29, 1.82) is 0 Å². The third-order valence-corrected chi connectivity index (χ3v) is 0.752. The molecule has 0 unspecified atom stereocenters. The monoisotopic (exact) mass is 181 g/mol. The van der Waals surface area contributed by atoms with Gasteiger partial charge in [0.1, 0.15) is 12.9 Å². The Morgan fingerprint density at radius 2 is 2.55 bits per heavy atom. The molecule has 1 heterocycles. The van der Waals surface area contributed by atoms with E-state index in [2.05, 4.69) is 14.4 Å². The van der Waals surface area contributed by atoms with Crippen molar-refractivity contribution in [2.75, 3.05) is 6.61 Å². The summed E-state index contributed by atoms with van der Waals surface area (Å²) >= 11 is 0. The standard InChI is InChI=1S/C5H5NO4.K/c7-5(8)3-9-4-1-2-10-6-4;/h1-2H,3H2,(H,7,8);/q;+1/p-1. The van der Waals surface area contributed by atoms with Crippen molar-refractivity contribution in [2.45, 2.75) is 0 Å². The van der Waals surface area contributed by atoms with E-state index >= 15 is 0 Å². The fourth-order valence-electron chi connectivity index (χ4n) is 0.409. The predicted octanol–water partition coefficient (Wildman–Crippen LogP) is -4.19. The van der Waals surface area contributed by atoms with E-state index in [1.807, 2.05) is 0 Å². The molecule has 0 amide bonds. The molecule has 6 heteroatoms. The number of hydrogen-bond donors (Lipinski definition) is 0. The summed E-state index contributed by atoms with van der Waals surface area (Å²) in [6, 6.07) is 1.41. The van der Waals surface area contributed by atoms with Crippen LogP contribution in [0.3, 0.4) is 0 Å². The Balaban J connectivity index is 0.000001000. The van der Waals surface area contributed by atoms with Gasteiger partial charge in [-0.2, -0.15) is 0 Å². The molecule has 0 aliphatic rings. The minimum atomic E-state index is -1.29. The molecule has 0 aromatic carbocycles. The molecule has 11 heavy (non-hydrogen) atoms. The number of carboxylic acids is 1. The summed E-state index contributed by atoms with van der Waals surface area (Å²) in [7, 11) is 0. The number of nitrogens with zero attached hydrogens (tertiary/aromatic N) is 1. The van der Waals surface area contributed by atoms with Gasteiger partial charge in [0.05, 0.1) is 5.97 Å². The topological polar surface area (TPSA) is 75.4 Å². The molecule has 1 rings (SSSR count). The van der Waals surface area contributed by atoms with E-state index in [0.717, 1.165) is 0 Å². The maximum absolute atomic E-state index is 9.80. The second-order valence-corrected chi connectivity index (χ2v) is 1.50. The first-order chi connectivity index (χ1) is 4.79. The van der Waals surface area contributed by atoms with Crippen LogP contribution in [0.2, 0.25) is 0 Å². The minimum Gasteiger partial charge on any atom is -0.546 e. The van der Waals surface area contributed by atoms with Crippen LogP contribution in [0.5, 0.6) is 5.88 Å². The van der Waals surface area contributed by atoms with Crippen LogP contribution < -0.4 is 61.2 Å². The Bertz CT molecular complexity index is 210. The van der Waals surface area contributed by atoms with Crippen molar-refractivity contribution >= 4 is 5.97 Å². The van der Waals surface area contributed by atoms with Gasteiger partial charge in [-0.05, 0) is 5.16 Å². The molecule has 0 bridgehead atoms. The molecule has 5 nitrogen and oxygen atoms in total. The zero-order chi connectivity index (χ0) is 7.40. The normalized spacial score (nSPS) is 8.36. The molecular weight excluding hydrogens is 177 g/mol. The predicted molar refractivity (Wildman–Crippen MR) is 27.0 cm³/mol. The Hall–Kier alpha value is 0.116. The van der Waals surface area contributed by atoms with Crippen molar-refractivity contribution < 1.29 is 70.5 Å². The van der Waals surface area contributed by atoms with Crippen molar-refractivity contribution in [3.05, 3.63) is 12.3 Å². The van der Waals surface area contributed by atoms with Crippen molar-refractivity contribution in [2.24, 2.45) is 0 Å². The molecule has 0 N–H and O–H groups in total. The number of hydrogen-bond acceptors (Lipinski definition) is 5. The summed E-state index contributed by atoms with van der Waals surface area (Å²) in [5.41, 5.74) is 0. The van der Waals surface area contributed by atoms with Crippen molar-refractivity contribution in [1.82, 2.24) is 5.16 Å². The van der Waals surface area contributed by atoms with Crippen LogP contribution in [0.15, 0.2) is 16.9 Å². The molecule has 0 spiro atoms. The van der Waals surface area contributed by atoms with Gasteiger partial charge in [0.15, 0.2) is 0 Å². The summed E-state index contributed by atoms with van der Waals surface area (Å²) < 4.78 is 8.90. The summed E-state index contributed by atoms with van der Waals surface area (Å²) in [4.78, 5) is 9.80. The molecular formula is C5H4KNO4. The van der Waals surface area contributed by atoms with Gasteiger partial charge < -0.3 is 19.2 Å². The SMILES string of the molecule is O=C([O-])COc1ccon1.[K+]. The molecule has 54 valence electrons. The summed E-state index contributed by atoms with van der Waals surface area (Å²) in [6.45, 7) is -0.507. The van der Waals surface area contributed by atoms with Gasteiger partial charge >= 0.3 is 51.4 Å². The van der Waals surface area contributed by atoms with E-state index in [4.69, 9.17) is 0 Å². The Labute approximate surface area is 105 Å². The van der Waals surface area contributed by atoms with E-state index in [1.165, 1.54) is 12.3 Å². The number of aromatic nitrogens is 1. The van der Waals surface area contributed by atoms with Gasteiger partial charge in [-0.1, -0.05) is 0 Å². The fraction of sp³-hybridized carbons (Fsp3) is 0.200. The van der Waals surface area contributed by atoms with Gasteiger partial charge in [0, 0.05) is 6.07 Å². The fourth-order valence-corrected chi connectivity index (χ4v) is 0.409. The van der Waals surface area contributed by atoms with Crippen molar-refractivity contribution in [3.8, 4) is 5.88 Å². The van der Waals surface area contributed by atoms with Gasteiger partial charge in [-0.15, -0.1) is 0 Å². The maximum atomic E-state index is 9.80. The molecule has 0 radical (unpaired) electrons. The van der Waals surface area contributed by atoms with Crippen LogP contribution in [0.25, 0.3) is 0 Å².